The fourth-order valence-electron chi connectivity index (χ4n) is 2.74. The van der Waals surface area contributed by atoms with Crippen LogP contribution < -0.4 is 15.8 Å². The number of nitrogens with zero attached hydrogens (tertiary/aromatic N) is 1. The van der Waals surface area contributed by atoms with Crippen molar-refractivity contribution in [2.45, 2.75) is 18.9 Å². The van der Waals surface area contributed by atoms with Crippen LogP contribution in [-0.4, -0.2) is 44.1 Å². The molecule has 5 nitrogen and oxygen atoms in total. The van der Waals surface area contributed by atoms with Gasteiger partial charge in [0.1, 0.15) is 5.54 Å². The standard InChI is InChI=1S/C15H22FN3O2/c1-15(14(17)20,19-8-3-6-18-7-9-19)11-4-5-13(21-2)12(16)10-11/h4-5,10,18H,3,6-9H2,1-2H3,(H2,17,20). The van der Waals surface area contributed by atoms with Crippen LogP contribution in [0.4, 0.5) is 4.39 Å². The summed E-state index contributed by atoms with van der Waals surface area (Å²) in [5.41, 5.74) is 5.17. The lowest BCUT2D eigenvalue weighted by atomic mass is 9.88. The van der Waals surface area contributed by atoms with Gasteiger partial charge in [0.2, 0.25) is 5.91 Å². The van der Waals surface area contributed by atoms with Crippen LogP contribution in [0.5, 0.6) is 5.75 Å². The number of nitrogens with two attached hydrogens (primary N) is 1. The van der Waals surface area contributed by atoms with Gasteiger partial charge in [-0.15, -0.1) is 0 Å². The number of benzene rings is 1. The van der Waals surface area contributed by atoms with Crippen molar-refractivity contribution in [1.82, 2.24) is 10.2 Å². The molecule has 0 bridgehead atoms. The Hall–Kier alpha value is -1.66. The number of nitrogens with one attached hydrogen (secondary N) is 1. The highest BCUT2D eigenvalue weighted by atomic mass is 19.1. The third kappa shape index (κ3) is 3.01. The van der Waals surface area contributed by atoms with Gasteiger partial charge in [0.25, 0.3) is 0 Å². The monoisotopic (exact) mass is 295 g/mol. The van der Waals surface area contributed by atoms with E-state index in [1.54, 1.807) is 13.0 Å². The van der Waals surface area contributed by atoms with Crippen molar-refractivity contribution in [3.8, 4) is 5.75 Å². The van der Waals surface area contributed by atoms with Gasteiger partial charge in [0, 0.05) is 19.6 Å². The summed E-state index contributed by atoms with van der Waals surface area (Å²) in [5.74, 6) is -0.813. The minimum atomic E-state index is -1.03. The van der Waals surface area contributed by atoms with E-state index in [4.69, 9.17) is 10.5 Å². The Balaban J connectivity index is 2.41. The topological polar surface area (TPSA) is 67.6 Å². The number of methoxy groups -OCH3 is 1. The zero-order valence-electron chi connectivity index (χ0n) is 12.5. The number of rotatable bonds is 4. The first-order valence-corrected chi connectivity index (χ1v) is 7.10. The molecule has 1 aromatic carbocycles. The zero-order chi connectivity index (χ0) is 15.5. The summed E-state index contributed by atoms with van der Waals surface area (Å²) in [4.78, 5) is 14.1. The van der Waals surface area contributed by atoms with E-state index in [2.05, 4.69) is 5.32 Å². The van der Waals surface area contributed by atoms with Crippen LogP contribution in [0.15, 0.2) is 18.2 Å². The molecule has 0 saturated carbocycles. The lowest BCUT2D eigenvalue weighted by Crippen LogP contribution is -2.54. The molecule has 21 heavy (non-hydrogen) atoms. The Morgan fingerprint density at radius 1 is 1.43 bits per heavy atom. The Morgan fingerprint density at radius 2 is 2.19 bits per heavy atom. The SMILES string of the molecule is COc1ccc(C(C)(C(N)=O)N2CCCNCC2)cc1F. The maximum atomic E-state index is 14.0. The fourth-order valence-corrected chi connectivity index (χ4v) is 2.74. The third-order valence-corrected chi connectivity index (χ3v) is 4.17. The van der Waals surface area contributed by atoms with Gasteiger partial charge in [0.15, 0.2) is 11.6 Å². The van der Waals surface area contributed by atoms with E-state index < -0.39 is 17.3 Å². The molecule has 6 heteroatoms. The van der Waals surface area contributed by atoms with Crippen LogP contribution in [0.3, 0.4) is 0 Å². The second kappa shape index (κ2) is 6.41. The normalized spacial score (nSPS) is 19.6. The predicted octanol–water partition coefficient (Wildman–Crippen LogP) is 0.830. The van der Waals surface area contributed by atoms with Crippen molar-refractivity contribution >= 4 is 5.91 Å². The fraction of sp³-hybridized carbons (Fsp3) is 0.533. The summed E-state index contributed by atoms with van der Waals surface area (Å²) in [6, 6.07) is 4.56. The lowest BCUT2D eigenvalue weighted by molar-refractivity contribution is -0.130. The van der Waals surface area contributed by atoms with Gasteiger partial charge in [-0.25, -0.2) is 4.39 Å². The van der Waals surface area contributed by atoms with Crippen molar-refractivity contribution < 1.29 is 13.9 Å². The highest BCUT2D eigenvalue weighted by Gasteiger charge is 2.40. The second-order valence-electron chi connectivity index (χ2n) is 5.38. The highest BCUT2D eigenvalue weighted by molar-refractivity contribution is 5.85. The van der Waals surface area contributed by atoms with E-state index in [0.717, 1.165) is 26.1 Å². The van der Waals surface area contributed by atoms with Gasteiger partial charge in [-0.05, 0) is 37.6 Å². The van der Waals surface area contributed by atoms with E-state index in [1.807, 2.05) is 4.90 Å². The first-order chi connectivity index (χ1) is 10.00. The van der Waals surface area contributed by atoms with E-state index in [0.29, 0.717) is 12.1 Å². The summed E-state index contributed by atoms with van der Waals surface area (Å²) in [6.07, 6.45) is 0.918. The number of carbonyl (C=O) groups excluding carboxylic acids is 1. The maximum absolute atomic E-state index is 14.0. The second-order valence-corrected chi connectivity index (χ2v) is 5.38. The van der Waals surface area contributed by atoms with Gasteiger partial charge in [0.05, 0.1) is 7.11 Å². The Labute approximate surface area is 124 Å². The Bertz CT molecular complexity index is 516. The summed E-state index contributed by atoms with van der Waals surface area (Å²) in [6.45, 7) is 4.86. The minimum absolute atomic E-state index is 0.156. The molecule has 1 amide bonds. The summed E-state index contributed by atoms with van der Waals surface area (Å²) < 4.78 is 18.9. The maximum Gasteiger partial charge on any atom is 0.242 e. The molecule has 0 radical (unpaired) electrons. The average molecular weight is 295 g/mol. The van der Waals surface area contributed by atoms with Crippen LogP contribution in [0.25, 0.3) is 0 Å². The first-order valence-electron chi connectivity index (χ1n) is 7.10. The molecule has 0 aromatic heterocycles. The highest BCUT2D eigenvalue weighted by Crippen LogP contribution is 2.31. The van der Waals surface area contributed by atoms with Crippen LogP contribution in [0, 0.1) is 5.82 Å². The van der Waals surface area contributed by atoms with E-state index in [-0.39, 0.29) is 5.75 Å². The Kier molecular flexibility index (Phi) is 4.80. The molecule has 1 unspecified atom stereocenters. The zero-order valence-corrected chi connectivity index (χ0v) is 12.5. The molecule has 0 spiro atoms. The average Bonchev–Trinajstić information content (AvgIpc) is 2.75. The molecule has 1 heterocycles. The smallest absolute Gasteiger partial charge is 0.242 e. The van der Waals surface area contributed by atoms with Crippen molar-refractivity contribution in [2.24, 2.45) is 5.73 Å². The van der Waals surface area contributed by atoms with Crippen molar-refractivity contribution in [2.75, 3.05) is 33.3 Å². The number of halogens is 1. The number of hydrogen-bond donors (Lipinski definition) is 2. The molecule has 116 valence electrons. The van der Waals surface area contributed by atoms with Gasteiger partial charge in [-0.2, -0.15) is 0 Å². The van der Waals surface area contributed by atoms with Crippen LogP contribution in [0.2, 0.25) is 0 Å². The molecule has 1 aliphatic rings. The number of carbonyl (C=O) groups is 1. The van der Waals surface area contributed by atoms with Crippen molar-refractivity contribution in [3.63, 3.8) is 0 Å². The summed E-state index contributed by atoms with van der Waals surface area (Å²) >= 11 is 0. The summed E-state index contributed by atoms with van der Waals surface area (Å²) in [7, 11) is 1.41. The predicted molar refractivity (Wildman–Crippen MR) is 78.6 cm³/mol. The van der Waals surface area contributed by atoms with Gasteiger partial charge < -0.3 is 15.8 Å². The quantitative estimate of drug-likeness (QED) is 0.863. The molecule has 1 aromatic rings. The molecule has 0 aliphatic carbocycles. The number of hydrogen-bond acceptors (Lipinski definition) is 4. The van der Waals surface area contributed by atoms with Crippen molar-refractivity contribution in [1.29, 1.82) is 0 Å². The van der Waals surface area contributed by atoms with Crippen LogP contribution >= 0.6 is 0 Å². The molecule has 1 fully saturated rings. The molecule has 1 atom stereocenters. The number of primary amides is 1. The van der Waals surface area contributed by atoms with E-state index in [1.165, 1.54) is 19.2 Å². The van der Waals surface area contributed by atoms with Gasteiger partial charge in [-0.3, -0.25) is 9.69 Å². The summed E-state index contributed by atoms with van der Waals surface area (Å²) in [5, 5.41) is 3.28. The molecule has 1 aliphatic heterocycles. The first kappa shape index (κ1) is 15.7. The lowest BCUT2D eigenvalue weighted by Gasteiger charge is -2.38. The third-order valence-electron chi connectivity index (χ3n) is 4.17. The Morgan fingerprint density at radius 3 is 2.81 bits per heavy atom. The van der Waals surface area contributed by atoms with Gasteiger partial charge in [-0.1, -0.05) is 6.07 Å². The largest absolute Gasteiger partial charge is 0.494 e. The molecule has 2 rings (SSSR count). The van der Waals surface area contributed by atoms with Crippen molar-refractivity contribution in [3.05, 3.63) is 29.6 Å². The molecular formula is C15H22FN3O2. The number of amides is 1. The van der Waals surface area contributed by atoms with E-state index in [9.17, 15) is 9.18 Å². The minimum Gasteiger partial charge on any atom is -0.494 e. The van der Waals surface area contributed by atoms with Crippen LogP contribution in [0.1, 0.15) is 18.9 Å². The molecule has 3 N–H and O–H groups in total. The van der Waals surface area contributed by atoms with Crippen LogP contribution in [-0.2, 0) is 10.3 Å². The number of ether oxygens (including phenoxy) is 1. The van der Waals surface area contributed by atoms with Gasteiger partial charge >= 0.3 is 0 Å². The molecular weight excluding hydrogens is 273 g/mol. The van der Waals surface area contributed by atoms with E-state index >= 15 is 0 Å². The molecule has 1 saturated heterocycles.